The van der Waals surface area contributed by atoms with Crippen LogP contribution in [0.4, 0.5) is 16.3 Å². The van der Waals surface area contributed by atoms with Gasteiger partial charge in [0, 0.05) is 37.3 Å². The van der Waals surface area contributed by atoms with Crippen molar-refractivity contribution < 1.29 is 14.3 Å². The molecular formula is C26H30N8O3. The summed E-state index contributed by atoms with van der Waals surface area (Å²) in [7, 11) is 0. The maximum Gasteiger partial charge on any atom is 0.410 e. The first-order chi connectivity index (χ1) is 17.6. The second kappa shape index (κ2) is 9.30. The highest BCUT2D eigenvalue weighted by atomic mass is 16.6. The summed E-state index contributed by atoms with van der Waals surface area (Å²) < 4.78 is 7.17. The molecule has 4 heterocycles. The van der Waals surface area contributed by atoms with Gasteiger partial charge in [0.1, 0.15) is 11.1 Å². The number of ether oxygens (including phenoxy) is 1. The minimum absolute atomic E-state index is 0.303. The van der Waals surface area contributed by atoms with Gasteiger partial charge in [0.15, 0.2) is 11.5 Å². The molecule has 2 amide bonds. The van der Waals surface area contributed by atoms with E-state index in [-0.39, 0.29) is 12.0 Å². The topological polar surface area (TPSA) is 118 Å². The zero-order valence-corrected chi connectivity index (χ0v) is 21.6. The van der Waals surface area contributed by atoms with Crippen LogP contribution in [-0.2, 0) is 4.74 Å². The Bertz CT molecular complexity index is 1500. The zero-order valence-electron chi connectivity index (χ0n) is 21.6. The summed E-state index contributed by atoms with van der Waals surface area (Å²) >= 11 is 0. The summed E-state index contributed by atoms with van der Waals surface area (Å²) in [5, 5.41) is 16.5. The average Bonchev–Trinajstić information content (AvgIpc) is 3.23. The van der Waals surface area contributed by atoms with Gasteiger partial charge in [0.2, 0.25) is 0 Å². The average molecular weight is 503 g/mol. The highest BCUT2D eigenvalue weighted by Gasteiger charge is 2.27. The summed E-state index contributed by atoms with van der Waals surface area (Å²) in [5.41, 5.74) is 3.82. The first-order valence-electron chi connectivity index (χ1n) is 12.2. The highest BCUT2D eigenvalue weighted by molar-refractivity contribution is 6.13. The number of piperazine rings is 1. The lowest BCUT2D eigenvalue weighted by atomic mass is 10.1. The standard InChI is InChI=1S/C26H30N8O3/c1-16-14-21(31-34-15-17(2)28-23(16)34)29-24(35)19-6-7-20(18-8-9-27-30-22(18)19)32-10-12-33(13-11-32)25(36)37-26(3,4)5/h6-9,14-15H,10-13H2,1-5H3,(H,29,31,35). The summed E-state index contributed by atoms with van der Waals surface area (Å²) in [4.78, 5) is 34.1. The van der Waals surface area contributed by atoms with Crippen LogP contribution < -0.4 is 10.2 Å². The lowest BCUT2D eigenvalue weighted by Gasteiger charge is -2.37. The minimum Gasteiger partial charge on any atom is -0.444 e. The van der Waals surface area contributed by atoms with Gasteiger partial charge in [-0.15, -0.1) is 10.2 Å². The molecule has 0 spiro atoms. The molecule has 1 N–H and O–H groups in total. The molecule has 5 rings (SSSR count). The van der Waals surface area contributed by atoms with Crippen molar-refractivity contribution in [3.63, 3.8) is 0 Å². The van der Waals surface area contributed by atoms with Crippen molar-refractivity contribution in [1.29, 1.82) is 0 Å². The molecule has 0 unspecified atom stereocenters. The van der Waals surface area contributed by atoms with Gasteiger partial charge in [0.05, 0.1) is 23.7 Å². The third-order valence-corrected chi connectivity index (χ3v) is 6.15. The minimum atomic E-state index is -0.531. The van der Waals surface area contributed by atoms with Crippen LogP contribution in [-0.4, -0.2) is 73.5 Å². The molecule has 0 radical (unpaired) electrons. The molecule has 11 nitrogen and oxygen atoms in total. The fraction of sp³-hybridized carbons (Fsp3) is 0.385. The van der Waals surface area contributed by atoms with Crippen molar-refractivity contribution in [2.45, 2.75) is 40.2 Å². The summed E-state index contributed by atoms with van der Waals surface area (Å²) in [5.74, 6) is 0.0988. The van der Waals surface area contributed by atoms with Gasteiger partial charge in [-0.2, -0.15) is 5.10 Å². The fourth-order valence-corrected chi connectivity index (χ4v) is 4.47. The number of rotatable bonds is 3. The first kappa shape index (κ1) is 24.4. The van der Waals surface area contributed by atoms with E-state index in [1.165, 1.54) is 0 Å². The Morgan fingerprint density at radius 3 is 2.54 bits per heavy atom. The van der Waals surface area contributed by atoms with Crippen LogP contribution in [0.5, 0.6) is 0 Å². The number of aromatic nitrogens is 5. The Morgan fingerprint density at radius 2 is 1.81 bits per heavy atom. The third kappa shape index (κ3) is 5.02. The second-order valence-electron chi connectivity index (χ2n) is 10.2. The normalized spacial score (nSPS) is 14.3. The van der Waals surface area contributed by atoms with Crippen molar-refractivity contribution in [3.8, 4) is 0 Å². The van der Waals surface area contributed by atoms with Gasteiger partial charge in [-0.1, -0.05) is 0 Å². The van der Waals surface area contributed by atoms with Crippen molar-refractivity contribution in [2.24, 2.45) is 0 Å². The number of imidazole rings is 1. The largest absolute Gasteiger partial charge is 0.444 e. The Morgan fingerprint density at radius 1 is 1.05 bits per heavy atom. The molecule has 0 atom stereocenters. The second-order valence-corrected chi connectivity index (χ2v) is 10.2. The molecule has 1 aliphatic rings. The van der Waals surface area contributed by atoms with E-state index in [2.05, 4.69) is 30.5 Å². The molecule has 1 aromatic carbocycles. The lowest BCUT2D eigenvalue weighted by Crippen LogP contribution is -2.50. The van der Waals surface area contributed by atoms with E-state index >= 15 is 0 Å². The molecule has 0 aliphatic carbocycles. The van der Waals surface area contributed by atoms with Crippen LogP contribution in [0, 0.1) is 13.8 Å². The van der Waals surface area contributed by atoms with E-state index in [1.807, 2.05) is 52.9 Å². The Balaban J connectivity index is 1.37. The molecule has 4 aromatic rings. The molecule has 1 saturated heterocycles. The number of carbonyl (C=O) groups excluding carboxylic acids is 2. The van der Waals surface area contributed by atoms with Gasteiger partial charge >= 0.3 is 6.09 Å². The zero-order chi connectivity index (χ0) is 26.3. The fourth-order valence-electron chi connectivity index (χ4n) is 4.47. The summed E-state index contributed by atoms with van der Waals surface area (Å²) in [6, 6.07) is 7.33. The van der Waals surface area contributed by atoms with Crippen LogP contribution in [0.2, 0.25) is 0 Å². The maximum absolute atomic E-state index is 13.3. The number of aryl methyl sites for hydroxylation is 2. The molecule has 1 fully saturated rings. The Labute approximate surface area is 214 Å². The lowest BCUT2D eigenvalue weighted by molar-refractivity contribution is 0.0240. The first-order valence-corrected chi connectivity index (χ1v) is 12.2. The highest BCUT2D eigenvalue weighted by Crippen LogP contribution is 2.29. The summed E-state index contributed by atoms with van der Waals surface area (Å²) in [6.45, 7) is 11.8. The van der Waals surface area contributed by atoms with E-state index in [4.69, 9.17) is 4.74 Å². The van der Waals surface area contributed by atoms with E-state index in [0.717, 1.165) is 28.0 Å². The van der Waals surface area contributed by atoms with Crippen molar-refractivity contribution >= 4 is 40.1 Å². The van der Waals surface area contributed by atoms with Gasteiger partial charge in [-0.25, -0.2) is 14.3 Å². The molecule has 0 saturated carbocycles. The van der Waals surface area contributed by atoms with E-state index in [9.17, 15) is 9.59 Å². The van der Waals surface area contributed by atoms with Crippen molar-refractivity contribution in [2.75, 3.05) is 36.4 Å². The van der Waals surface area contributed by atoms with E-state index < -0.39 is 5.60 Å². The molecule has 192 valence electrons. The number of fused-ring (bicyclic) bond motifs is 2. The Hall–Kier alpha value is -4.28. The molecule has 3 aromatic heterocycles. The number of carbonyl (C=O) groups is 2. The molecule has 0 bridgehead atoms. The van der Waals surface area contributed by atoms with Crippen LogP contribution >= 0.6 is 0 Å². The number of anilines is 2. The quantitative estimate of drug-likeness (QED) is 0.452. The van der Waals surface area contributed by atoms with Crippen LogP contribution in [0.25, 0.3) is 16.6 Å². The number of hydrogen-bond donors (Lipinski definition) is 1. The number of hydrogen-bond acceptors (Lipinski definition) is 8. The predicted molar refractivity (Wildman–Crippen MR) is 140 cm³/mol. The van der Waals surface area contributed by atoms with Crippen LogP contribution in [0.1, 0.15) is 42.4 Å². The summed E-state index contributed by atoms with van der Waals surface area (Å²) in [6.07, 6.45) is 3.13. The van der Waals surface area contributed by atoms with Crippen molar-refractivity contribution in [1.82, 2.24) is 29.7 Å². The van der Waals surface area contributed by atoms with Gasteiger partial charge in [-0.3, -0.25) is 4.79 Å². The van der Waals surface area contributed by atoms with Crippen LogP contribution in [0.15, 0.2) is 36.7 Å². The number of amides is 2. The monoisotopic (exact) mass is 502 g/mol. The predicted octanol–water partition coefficient (Wildman–Crippen LogP) is 3.60. The molecule has 11 heteroatoms. The third-order valence-electron chi connectivity index (χ3n) is 6.15. The number of nitrogens with one attached hydrogen (secondary N) is 1. The number of nitrogens with zero attached hydrogens (tertiary/aromatic N) is 7. The van der Waals surface area contributed by atoms with Crippen LogP contribution in [0.3, 0.4) is 0 Å². The number of benzene rings is 1. The SMILES string of the molecule is Cc1cn2nc(NC(=O)c3ccc(N4CCN(C(=O)OC(C)(C)C)CC4)c4ccnnc34)cc(C)c2n1. The molecule has 1 aliphatic heterocycles. The molecular weight excluding hydrogens is 472 g/mol. The maximum atomic E-state index is 13.3. The smallest absolute Gasteiger partial charge is 0.410 e. The van der Waals surface area contributed by atoms with Crippen molar-refractivity contribution in [3.05, 3.63) is 53.5 Å². The molecule has 37 heavy (non-hydrogen) atoms. The van der Waals surface area contributed by atoms with Gasteiger partial charge < -0.3 is 19.9 Å². The van der Waals surface area contributed by atoms with Gasteiger partial charge in [0.25, 0.3) is 5.91 Å². The van der Waals surface area contributed by atoms with E-state index in [1.54, 1.807) is 27.7 Å². The van der Waals surface area contributed by atoms with E-state index in [0.29, 0.717) is 43.1 Å². The Kier molecular flexibility index (Phi) is 6.14. The van der Waals surface area contributed by atoms with Gasteiger partial charge in [-0.05, 0) is 64.4 Å².